The van der Waals surface area contributed by atoms with Gasteiger partial charge in [-0.25, -0.2) is 0 Å². The van der Waals surface area contributed by atoms with E-state index in [-0.39, 0.29) is 0 Å². The highest BCUT2D eigenvalue weighted by Crippen LogP contribution is 2.40. The maximum absolute atomic E-state index is 6.47. The van der Waals surface area contributed by atoms with Crippen molar-refractivity contribution in [3.8, 4) is 5.75 Å². The average molecular weight is 329 g/mol. The summed E-state index contributed by atoms with van der Waals surface area (Å²) >= 11 is 6.47. The van der Waals surface area contributed by atoms with E-state index in [0.29, 0.717) is 6.04 Å². The van der Waals surface area contributed by atoms with Gasteiger partial charge in [-0.1, -0.05) is 48.0 Å². The van der Waals surface area contributed by atoms with Gasteiger partial charge in [-0.2, -0.15) is 0 Å². The molecule has 2 aliphatic rings. The molecule has 0 spiro atoms. The Labute approximate surface area is 142 Å². The first-order chi connectivity index (χ1) is 11.3. The lowest BCUT2D eigenvalue weighted by Crippen LogP contribution is -2.52. The zero-order valence-electron chi connectivity index (χ0n) is 13.1. The van der Waals surface area contributed by atoms with Crippen LogP contribution in [0.1, 0.15) is 12.0 Å². The third-order valence-corrected chi connectivity index (χ3v) is 5.07. The number of piperazine rings is 1. The molecule has 3 nitrogen and oxygen atoms in total. The van der Waals surface area contributed by atoms with E-state index in [4.69, 9.17) is 16.3 Å². The van der Waals surface area contributed by atoms with Crippen molar-refractivity contribution in [2.75, 3.05) is 31.1 Å². The van der Waals surface area contributed by atoms with Crippen LogP contribution in [0.25, 0.3) is 0 Å². The highest BCUT2D eigenvalue weighted by Gasteiger charge is 2.32. The van der Waals surface area contributed by atoms with Crippen LogP contribution in [-0.2, 0) is 6.54 Å². The largest absolute Gasteiger partial charge is 0.491 e. The Hall–Kier alpha value is -1.71. The molecule has 0 amide bonds. The van der Waals surface area contributed by atoms with Gasteiger partial charge < -0.3 is 9.64 Å². The number of nitrogens with zero attached hydrogens (tertiary/aromatic N) is 2. The summed E-state index contributed by atoms with van der Waals surface area (Å²) in [6.45, 7) is 4.88. The van der Waals surface area contributed by atoms with E-state index in [0.717, 1.165) is 55.7 Å². The monoisotopic (exact) mass is 328 g/mol. The Morgan fingerprint density at radius 1 is 1.04 bits per heavy atom. The Bertz CT molecular complexity index is 676. The first-order valence-corrected chi connectivity index (χ1v) is 8.63. The summed E-state index contributed by atoms with van der Waals surface area (Å²) < 4.78 is 5.93. The summed E-state index contributed by atoms with van der Waals surface area (Å²) in [7, 11) is 0. The second-order valence-corrected chi connectivity index (χ2v) is 6.70. The molecule has 2 heterocycles. The summed E-state index contributed by atoms with van der Waals surface area (Å²) in [5.74, 6) is 0.927. The lowest BCUT2D eigenvalue weighted by molar-refractivity contribution is 0.202. The third kappa shape index (κ3) is 3.04. The number of ether oxygens (including phenoxy) is 1. The molecule has 4 rings (SSSR count). The van der Waals surface area contributed by atoms with Crippen molar-refractivity contribution in [1.82, 2.24) is 4.90 Å². The molecule has 0 radical (unpaired) electrons. The summed E-state index contributed by atoms with van der Waals surface area (Å²) in [6, 6.07) is 17.1. The van der Waals surface area contributed by atoms with E-state index in [1.807, 2.05) is 18.2 Å². The molecule has 0 N–H and O–H groups in total. The van der Waals surface area contributed by atoms with E-state index in [9.17, 15) is 0 Å². The van der Waals surface area contributed by atoms with Crippen LogP contribution in [0.15, 0.2) is 48.5 Å². The minimum atomic E-state index is 0.466. The van der Waals surface area contributed by atoms with Crippen LogP contribution < -0.4 is 9.64 Å². The van der Waals surface area contributed by atoms with E-state index >= 15 is 0 Å². The number of halogens is 1. The normalized spacial score (nSPS) is 21.1. The highest BCUT2D eigenvalue weighted by atomic mass is 35.5. The predicted molar refractivity (Wildman–Crippen MR) is 94.4 cm³/mol. The van der Waals surface area contributed by atoms with Crippen LogP contribution in [0.5, 0.6) is 5.75 Å². The highest BCUT2D eigenvalue weighted by molar-refractivity contribution is 6.33. The molecular formula is C19H21ClN2O. The molecule has 2 aromatic carbocycles. The number of fused-ring (bicyclic) bond motifs is 3. The van der Waals surface area contributed by atoms with Crippen LogP contribution in [0.3, 0.4) is 0 Å². The van der Waals surface area contributed by atoms with E-state index < -0.39 is 0 Å². The number of anilines is 1. The molecule has 120 valence electrons. The quantitative estimate of drug-likeness (QED) is 0.833. The van der Waals surface area contributed by atoms with Gasteiger partial charge in [0.25, 0.3) is 0 Å². The molecule has 0 bridgehead atoms. The molecule has 2 aliphatic heterocycles. The van der Waals surface area contributed by atoms with E-state index in [2.05, 4.69) is 40.1 Å². The van der Waals surface area contributed by atoms with Crippen LogP contribution >= 0.6 is 11.6 Å². The Kier molecular flexibility index (Phi) is 4.15. The number of hydrogen-bond donors (Lipinski definition) is 0. The van der Waals surface area contributed by atoms with E-state index in [1.54, 1.807) is 0 Å². The Morgan fingerprint density at radius 2 is 1.91 bits per heavy atom. The zero-order chi connectivity index (χ0) is 15.6. The summed E-state index contributed by atoms with van der Waals surface area (Å²) in [5.41, 5.74) is 2.46. The predicted octanol–water partition coefficient (Wildman–Crippen LogP) is 3.81. The van der Waals surface area contributed by atoms with Gasteiger partial charge in [0.05, 0.1) is 17.3 Å². The van der Waals surface area contributed by atoms with Crippen LogP contribution in [0.2, 0.25) is 5.02 Å². The number of hydrogen-bond acceptors (Lipinski definition) is 3. The number of benzene rings is 2. The van der Waals surface area contributed by atoms with Crippen molar-refractivity contribution in [2.45, 2.75) is 19.0 Å². The Morgan fingerprint density at radius 3 is 2.78 bits per heavy atom. The SMILES string of the molecule is Clc1cccc2c1N1CCN(Cc3ccccc3)C[C@@H]1CCO2. The van der Waals surface area contributed by atoms with Crippen molar-refractivity contribution in [1.29, 1.82) is 0 Å². The maximum atomic E-state index is 6.47. The standard InChI is InChI=1S/C19H21ClN2O/c20-17-7-4-8-18-19(17)22-11-10-21(14-16(22)9-12-23-18)13-15-5-2-1-3-6-15/h1-8,16H,9-14H2/t16-/m0/s1. The molecule has 4 heteroatoms. The molecule has 1 atom stereocenters. The Balaban J connectivity index is 1.53. The second kappa shape index (κ2) is 6.42. The van der Waals surface area contributed by atoms with Crippen molar-refractivity contribution in [3.63, 3.8) is 0 Å². The van der Waals surface area contributed by atoms with Gasteiger partial charge in [0.1, 0.15) is 5.75 Å². The molecule has 1 fully saturated rings. The molecule has 1 saturated heterocycles. The summed E-state index contributed by atoms with van der Waals surface area (Å²) in [6.07, 6.45) is 1.04. The molecule has 2 aromatic rings. The van der Waals surface area contributed by atoms with Crippen LogP contribution in [0, 0.1) is 0 Å². The van der Waals surface area contributed by atoms with Gasteiger partial charge in [-0.3, -0.25) is 4.90 Å². The van der Waals surface area contributed by atoms with Gasteiger partial charge in [-0.05, 0) is 17.7 Å². The van der Waals surface area contributed by atoms with Crippen molar-refractivity contribution >= 4 is 17.3 Å². The lowest BCUT2D eigenvalue weighted by Gasteiger charge is -2.42. The van der Waals surface area contributed by atoms with Crippen molar-refractivity contribution in [3.05, 3.63) is 59.1 Å². The van der Waals surface area contributed by atoms with Gasteiger partial charge >= 0.3 is 0 Å². The third-order valence-electron chi connectivity index (χ3n) is 4.76. The first-order valence-electron chi connectivity index (χ1n) is 8.25. The summed E-state index contributed by atoms with van der Waals surface area (Å²) in [5, 5.41) is 0.797. The van der Waals surface area contributed by atoms with Gasteiger partial charge in [0, 0.05) is 38.6 Å². The maximum Gasteiger partial charge on any atom is 0.144 e. The smallest absolute Gasteiger partial charge is 0.144 e. The second-order valence-electron chi connectivity index (χ2n) is 6.29. The minimum absolute atomic E-state index is 0.466. The van der Waals surface area contributed by atoms with E-state index in [1.165, 1.54) is 5.56 Å². The van der Waals surface area contributed by atoms with Gasteiger partial charge in [0.15, 0.2) is 0 Å². The fourth-order valence-electron chi connectivity index (χ4n) is 3.64. The molecule has 0 saturated carbocycles. The first kappa shape index (κ1) is 14.9. The number of para-hydroxylation sites is 1. The van der Waals surface area contributed by atoms with Gasteiger partial charge in [-0.15, -0.1) is 0 Å². The van der Waals surface area contributed by atoms with Crippen molar-refractivity contribution < 1.29 is 4.74 Å². The van der Waals surface area contributed by atoms with Crippen molar-refractivity contribution in [2.24, 2.45) is 0 Å². The van der Waals surface area contributed by atoms with Crippen LogP contribution in [0.4, 0.5) is 5.69 Å². The molecule has 0 aliphatic carbocycles. The molecule has 23 heavy (non-hydrogen) atoms. The fraction of sp³-hybridized carbons (Fsp3) is 0.368. The average Bonchev–Trinajstić information content (AvgIpc) is 2.75. The fourth-order valence-corrected chi connectivity index (χ4v) is 3.92. The van der Waals surface area contributed by atoms with Crippen LogP contribution in [-0.4, -0.2) is 37.2 Å². The molecular weight excluding hydrogens is 308 g/mol. The summed E-state index contributed by atoms with van der Waals surface area (Å²) in [4.78, 5) is 4.99. The number of rotatable bonds is 2. The van der Waals surface area contributed by atoms with Gasteiger partial charge in [0.2, 0.25) is 0 Å². The zero-order valence-corrected chi connectivity index (χ0v) is 13.9. The lowest BCUT2D eigenvalue weighted by atomic mass is 10.1. The minimum Gasteiger partial charge on any atom is -0.491 e. The molecule has 0 unspecified atom stereocenters. The molecule has 0 aromatic heterocycles. The topological polar surface area (TPSA) is 15.7 Å².